The van der Waals surface area contributed by atoms with Crippen molar-refractivity contribution in [2.45, 2.75) is 45.1 Å². The molecule has 1 saturated carbocycles. The van der Waals surface area contributed by atoms with E-state index >= 15 is 0 Å². The van der Waals surface area contributed by atoms with Crippen LogP contribution in [0.1, 0.15) is 38.2 Å². The number of rotatable bonds is 10. The van der Waals surface area contributed by atoms with Crippen LogP contribution in [0.3, 0.4) is 0 Å². The van der Waals surface area contributed by atoms with E-state index in [1.807, 2.05) is 0 Å². The van der Waals surface area contributed by atoms with Crippen molar-refractivity contribution in [1.29, 1.82) is 0 Å². The van der Waals surface area contributed by atoms with Gasteiger partial charge in [0.05, 0.1) is 0 Å². The van der Waals surface area contributed by atoms with E-state index in [2.05, 4.69) is 52.4 Å². The molecule has 1 fully saturated rings. The van der Waals surface area contributed by atoms with Crippen LogP contribution >= 0.6 is 15.9 Å². The maximum absolute atomic E-state index is 5.66. The second-order valence-electron chi connectivity index (χ2n) is 5.78. The second-order valence-corrected chi connectivity index (χ2v) is 6.70. The first-order chi connectivity index (χ1) is 9.78. The number of nitrogens with one attached hydrogen (secondary N) is 1. The molecule has 0 bridgehead atoms. The Morgan fingerprint density at radius 3 is 2.65 bits per heavy atom. The molecular weight excluding hydrogens is 314 g/mol. The van der Waals surface area contributed by atoms with Crippen molar-refractivity contribution in [3.63, 3.8) is 0 Å². The van der Waals surface area contributed by atoms with E-state index in [-0.39, 0.29) is 0 Å². The topological polar surface area (TPSA) is 21.3 Å². The van der Waals surface area contributed by atoms with Crippen LogP contribution in [0.2, 0.25) is 0 Å². The largest absolute Gasteiger partial charge is 0.381 e. The van der Waals surface area contributed by atoms with Gasteiger partial charge in [-0.3, -0.25) is 0 Å². The van der Waals surface area contributed by atoms with E-state index in [9.17, 15) is 0 Å². The first-order valence-electron chi connectivity index (χ1n) is 7.83. The molecule has 1 unspecified atom stereocenters. The molecule has 1 atom stereocenters. The molecule has 2 rings (SSSR count). The van der Waals surface area contributed by atoms with Gasteiger partial charge in [-0.15, -0.1) is 0 Å². The average Bonchev–Trinajstić information content (AvgIpc) is 3.27. The molecule has 20 heavy (non-hydrogen) atoms. The zero-order valence-corrected chi connectivity index (χ0v) is 14.0. The molecule has 112 valence electrons. The van der Waals surface area contributed by atoms with Crippen molar-refractivity contribution < 1.29 is 4.74 Å². The lowest BCUT2D eigenvalue weighted by molar-refractivity contribution is 0.120. The fraction of sp³-hybridized carbons (Fsp3) is 0.647. The summed E-state index contributed by atoms with van der Waals surface area (Å²) in [5.41, 5.74) is 1.42. The Hall–Kier alpha value is -0.380. The maximum atomic E-state index is 5.66. The van der Waals surface area contributed by atoms with Gasteiger partial charge in [0.2, 0.25) is 0 Å². The molecule has 1 aromatic rings. The van der Waals surface area contributed by atoms with Crippen LogP contribution in [-0.4, -0.2) is 25.8 Å². The van der Waals surface area contributed by atoms with Crippen LogP contribution in [0.15, 0.2) is 28.7 Å². The van der Waals surface area contributed by atoms with Gasteiger partial charge in [0.25, 0.3) is 0 Å². The van der Waals surface area contributed by atoms with E-state index in [1.54, 1.807) is 0 Å². The second kappa shape index (κ2) is 8.81. The van der Waals surface area contributed by atoms with Gasteiger partial charge in [-0.05, 0) is 62.3 Å². The Kier molecular flexibility index (Phi) is 7.05. The third-order valence-corrected chi connectivity index (χ3v) is 4.26. The van der Waals surface area contributed by atoms with E-state index in [4.69, 9.17) is 4.74 Å². The van der Waals surface area contributed by atoms with Gasteiger partial charge in [-0.25, -0.2) is 0 Å². The summed E-state index contributed by atoms with van der Waals surface area (Å²) in [6.07, 6.45) is 6.12. The molecule has 0 radical (unpaired) electrons. The van der Waals surface area contributed by atoms with Crippen LogP contribution < -0.4 is 5.32 Å². The molecule has 2 nitrogen and oxygen atoms in total. The predicted molar refractivity (Wildman–Crippen MR) is 88.1 cm³/mol. The van der Waals surface area contributed by atoms with E-state index in [1.165, 1.54) is 18.4 Å². The fourth-order valence-electron chi connectivity index (χ4n) is 2.35. The van der Waals surface area contributed by atoms with Gasteiger partial charge in [0, 0.05) is 23.7 Å². The number of benzene rings is 1. The standard InChI is InChI=1S/C17H26BrNO/c1-2-10-20-11-9-15(13-19-17-7-8-17)12-14-3-5-16(18)6-4-14/h3-6,15,17,19H,2,7-13H2,1H3. The Balaban J connectivity index is 1.78. The lowest BCUT2D eigenvalue weighted by atomic mass is 9.96. The SMILES string of the molecule is CCCOCCC(CNC1CC1)Cc1ccc(Br)cc1. The van der Waals surface area contributed by atoms with Crippen molar-refractivity contribution in [2.75, 3.05) is 19.8 Å². The molecule has 0 aromatic heterocycles. The highest BCUT2D eigenvalue weighted by molar-refractivity contribution is 9.10. The highest BCUT2D eigenvalue weighted by Gasteiger charge is 2.22. The molecule has 1 aliphatic carbocycles. The summed E-state index contributed by atoms with van der Waals surface area (Å²) in [6, 6.07) is 9.50. The molecular formula is C17H26BrNO. The van der Waals surface area contributed by atoms with Gasteiger partial charge in [0.15, 0.2) is 0 Å². The minimum Gasteiger partial charge on any atom is -0.381 e. The van der Waals surface area contributed by atoms with Gasteiger partial charge in [-0.2, -0.15) is 0 Å². The summed E-state index contributed by atoms with van der Waals surface area (Å²) in [7, 11) is 0. The minimum atomic E-state index is 0.675. The fourth-order valence-corrected chi connectivity index (χ4v) is 2.61. The van der Waals surface area contributed by atoms with Crippen molar-refractivity contribution in [2.24, 2.45) is 5.92 Å². The molecule has 3 heteroatoms. The third-order valence-electron chi connectivity index (χ3n) is 3.73. The van der Waals surface area contributed by atoms with Gasteiger partial charge < -0.3 is 10.1 Å². The summed E-state index contributed by atoms with van der Waals surface area (Å²) in [6.45, 7) is 5.06. The first kappa shape index (κ1) is 16.0. The summed E-state index contributed by atoms with van der Waals surface area (Å²) < 4.78 is 6.81. The third kappa shape index (κ3) is 6.38. The first-order valence-corrected chi connectivity index (χ1v) is 8.62. The normalized spacial score (nSPS) is 16.3. The van der Waals surface area contributed by atoms with Crippen LogP contribution in [-0.2, 0) is 11.2 Å². The van der Waals surface area contributed by atoms with Crippen LogP contribution in [0.5, 0.6) is 0 Å². The summed E-state index contributed by atoms with van der Waals surface area (Å²) in [5.74, 6) is 0.675. The predicted octanol–water partition coefficient (Wildman–Crippen LogP) is 4.18. The van der Waals surface area contributed by atoms with Gasteiger partial charge in [-0.1, -0.05) is 35.0 Å². The van der Waals surface area contributed by atoms with Gasteiger partial charge in [0.1, 0.15) is 0 Å². The van der Waals surface area contributed by atoms with Crippen molar-refractivity contribution in [1.82, 2.24) is 5.32 Å². The van der Waals surface area contributed by atoms with E-state index in [0.29, 0.717) is 5.92 Å². The number of halogens is 1. The number of hydrogen-bond acceptors (Lipinski definition) is 2. The zero-order chi connectivity index (χ0) is 14.2. The summed E-state index contributed by atoms with van der Waals surface area (Å²) >= 11 is 3.50. The smallest absolute Gasteiger partial charge is 0.0469 e. The van der Waals surface area contributed by atoms with Crippen molar-refractivity contribution in [3.8, 4) is 0 Å². The highest BCUT2D eigenvalue weighted by Crippen LogP contribution is 2.21. The molecule has 1 N–H and O–H groups in total. The molecule has 1 aromatic carbocycles. The van der Waals surface area contributed by atoms with Crippen LogP contribution in [0, 0.1) is 5.92 Å². The van der Waals surface area contributed by atoms with Crippen LogP contribution in [0.4, 0.5) is 0 Å². The van der Waals surface area contributed by atoms with Crippen LogP contribution in [0.25, 0.3) is 0 Å². The van der Waals surface area contributed by atoms with Gasteiger partial charge >= 0.3 is 0 Å². The molecule has 0 saturated heterocycles. The Labute approximate surface area is 131 Å². The van der Waals surface area contributed by atoms with E-state index < -0.39 is 0 Å². The summed E-state index contributed by atoms with van der Waals surface area (Å²) in [4.78, 5) is 0. The Morgan fingerprint density at radius 2 is 2.00 bits per heavy atom. The molecule has 0 spiro atoms. The monoisotopic (exact) mass is 339 g/mol. The molecule has 0 aliphatic heterocycles. The number of hydrogen-bond donors (Lipinski definition) is 1. The van der Waals surface area contributed by atoms with Crippen molar-refractivity contribution >= 4 is 15.9 Å². The molecule has 0 heterocycles. The molecule has 1 aliphatic rings. The average molecular weight is 340 g/mol. The minimum absolute atomic E-state index is 0.675. The lowest BCUT2D eigenvalue weighted by Gasteiger charge is -2.18. The molecule has 0 amide bonds. The maximum Gasteiger partial charge on any atom is 0.0469 e. The Morgan fingerprint density at radius 1 is 1.25 bits per heavy atom. The number of ether oxygens (including phenoxy) is 1. The Bertz CT molecular complexity index is 375. The lowest BCUT2D eigenvalue weighted by Crippen LogP contribution is -2.27. The zero-order valence-electron chi connectivity index (χ0n) is 12.4. The summed E-state index contributed by atoms with van der Waals surface area (Å²) in [5, 5.41) is 3.66. The van der Waals surface area contributed by atoms with Crippen molar-refractivity contribution in [3.05, 3.63) is 34.3 Å². The highest BCUT2D eigenvalue weighted by atomic mass is 79.9. The van der Waals surface area contributed by atoms with E-state index in [0.717, 1.165) is 49.5 Å². The quantitative estimate of drug-likeness (QED) is 0.645.